The molecule has 0 aliphatic heterocycles. The Balaban J connectivity index is 3.42. The zero-order valence-electron chi connectivity index (χ0n) is 10.9. The highest BCUT2D eigenvalue weighted by Crippen LogP contribution is 2.06. The van der Waals surface area contributed by atoms with Crippen molar-refractivity contribution < 1.29 is 14.6 Å². The maximum atomic E-state index is 11.4. The van der Waals surface area contributed by atoms with Crippen LogP contribution in [0.3, 0.4) is 0 Å². The summed E-state index contributed by atoms with van der Waals surface area (Å²) in [6.07, 6.45) is 3.24. The van der Waals surface area contributed by atoms with E-state index in [1.807, 2.05) is 13.8 Å². The van der Waals surface area contributed by atoms with E-state index < -0.39 is 6.10 Å². The van der Waals surface area contributed by atoms with Crippen LogP contribution in [-0.4, -0.2) is 30.2 Å². The van der Waals surface area contributed by atoms with Crippen LogP contribution in [0.2, 0.25) is 0 Å². The summed E-state index contributed by atoms with van der Waals surface area (Å²) in [5.41, 5.74) is 0. The second kappa shape index (κ2) is 9.79. The van der Waals surface area contributed by atoms with Gasteiger partial charge in [-0.3, -0.25) is 4.79 Å². The van der Waals surface area contributed by atoms with Crippen LogP contribution in [0.4, 0.5) is 0 Å². The van der Waals surface area contributed by atoms with Crippen LogP contribution in [-0.2, 0) is 9.53 Å². The Kier molecular flexibility index (Phi) is 9.54. The monoisotopic (exact) mass is 230 g/mol. The van der Waals surface area contributed by atoms with Gasteiger partial charge in [0.2, 0.25) is 0 Å². The smallest absolute Gasteiger partial charge is 0.133 e. The lowest BCUT2D eigenvalue weighted by Gasteiger charge is -2.11. The van der Waals surface area contributed by atoms with Crippen LogP contribution < -0.4 is 0 Å². The Labute approximate surface area is 99.2 Å². The van der Waals surface area contributed by atoms with Gasteiger partial charge in [0.15, 0.2) is 0 Å². The fraction of sp³-hybridized carbons (Fsp3) is 0.923. The summed E-state index contributed by atoms with van der Waals surface area (Å²) in [4.78, 5) is 11.4. The first-order chi connectivity index (χ1) is 7.56. The second-order valence-electron chi connectivity index (χ2n) is 4.76. The Morgan fingerprint density at radius 2 is 2.06 bits per heavy atom. The predicted molar refractivity (Wildman–Crippen MR) is 65.4 cm³/mol. The highest BCUT2D eigenvalue weighted by atomic mass is 16.5. The minimum absolute atomic E-state index is 0.239. The van der Waals surface area contributed by atoms with Gasteiger partial charge in [-0.2, -0.15) is 0 Å². The number of aliphatic hydroxyl groups excluding tert-OH is 1. The number of hydrogen-bond donors (Lipinski definition) is 1. The van der Waals surface area contributed by atoms with Crippen LogP contribution >= 0.6 is 0 Å². The standard InChI is InChI=1S/C13H26O3/c1-4-5-8-16-10-13(15)7-6-12(14)9-11(2)3/h11,13,15H,4-10H2,1-3H3. The first kappa shape index (κ1) is 15.6. The molecule has 0 rings (SSSR count). The van der Waals surface area contributed by atoms with E-state index in [2.05, 4.69) is 6.92 Å². The van der Waals surface area contributed by atoms with Gasteiger partial charge >= 0.3 is 0 Å². The third kappa shape index (κ3) is 10.1. The molecule has 0 spiro atoms. The van der Waals surface area contributed by atoms with Crippen molar-refractivity contribution in [2.75, 3.05) is 13.2 Å². The molecular weight excluding hydrogens is 204 g/mol. The van der Waals surface area contributed by atoms with Gasteiger partial charge in [0, 0.05) is 19.4 Å². The number of ether oxygens (including phenoxy) is 1. The van der Waals surface area contributed by atoms with Crippen molar-refractivity contribution in [2.24, 2.45) is 5.92 Å². The Morgan fingerprint density at radius 1 is 1.38 bits per heavy atom. The highest BCUT2D eigenvalue weighted by molar-refractivity contribution is 5.78. The van der Waals surface area contributed by atoms with Crippen molar-refractivity contribution in [1.29, 1.82) is 0 Å². The summed E-state index contributed by atoms with van der Waals surface area (Å²) in [6, 6.07) is 0. The number of aliphatic hydroxyl groups is 1. The van der Waals surface area contributed by atoms with Crippen molar-refractivity contribution in [3.05, 3.63) is 0 Å². The van der Waals surface area contributed by atoms with Crippen LogP contribution in [0.25, 0.3) is 0 Å². The molecule has 0 bridgehead atoms. The molecule has 0 radical (unpaired) electrons. The average Bonchev–Trinajstić information content (AvgIpc) is 2.20. The summed E-state index contributed by atoms with van der Waals surface area (Å²) in [7, 11) is 0. The molecular formula is C13H26O3. The van der Waals surface area contributed by atoms with Gasteiger partial charge in [-0.05, 0) is 18.8 Å². The topological polar surface area (TPSA) is 46.5 Å². The molecule has 0 aromatic rings. The zero-order chi connectivity index (χ0) is 12.4. The predicted octanol–water partition coefficient (Wildman–Crippen LogP) is 2.56. The molecule has 0 saturated heterocycles. The molecule has 0 aliphatic carbocycles. The van der Waals surface area contributed by atoms with E-state index in [1.54, 1.807) is 0 Å². The highest BCUT2D eigenvalue weighted by Gasteiger charge is 2.09. The Morgan fingerprint density at radius 3 is 2.62 bits per heavy atom. The number of unbranched alkanes of at least 4 members (excludes halogenated alkanes) is 1. The van der Waals surface area contributed by atoms with E-state index in [-0.39, 0.29) is 5.78 Å². The summed E-state index contributed by atoms with van der Waals surface area (Å²) in [6.45, 7) is 7.22. The quantitative estimate of drug-likeness (QED) is 0.587. The molecule has 0 saturated carbocycles. The minimum Gasteiger partial charge on any atom is -0.391 e. The molecule has 1 atom stereocenters. The molecule has 0 aliphatic rings. The lowest BCUT2D eigenvalue weighted by molar-refractivity contribution is -0.120. The van der Waals surface area contributed by atoms with E-state index in [4.69, 9.17) is 4.74 Å². The maximum Gasteiger partial charge on any atom is 0.133 e. The van der Waals surface area contributed by atoms with Crippen molar-refractivity contribution in [2.45, 2.75) is 59.0 Å². The normalized spacial score (nSPS) is 13.1. The Bertz CT molecular complexity index is 178. The van der Waals surface area contributed by atoms with Gasteiger partial charge in [0.25, 0.3) is 0 Å². The number of ketones is 1. The molecule has 1 N–H and O–H groups in total. The van der Waals surface area contributed by atoms with E-state index in [1.165, 1.54) is 0 Å². The van der Waals surface area contributed by atoms with Crippen molar-refractivity contribution in [3.8, 4) is 0 Å². The molecule has 3 heteroatoms. The molecule has 1 unspecified atom stereocenters. The first-order valence-electron chi connectivity index (χ1n) is 6.33. The number of rotatable bonds is 10. The van der Waals surface area contributed by atoms with E-state index >= 15 is 0 Å². The minimum atomic E-state index is -0.493. The van der Waals surface area contributed by atoms with Crippen LogP contribution in [0.15, 0.2) is 0 Å². The molecule has 3 nitrogen and oxygen atoms in total. The molecule has 0 amide bonds. The van der Waals surface area contributed by atoms with Gasteiger partial charge in [-0.25, -0.2) is 0 Å². The fourth-order valence-electron chi connectivity index (χ4n) is 1.43. The van der Waals surface area contributed by atoms with Gasteiger partial charge in [0.05, 0.1) is 12.7 Å². The SMILES string of the molecule is CCCCOCC(O)CCC(=O)CC(C)C. The second-order valence-corrected chi connectivity index (χ2v) is 4.76. The number of Topliss-reactive ketones (excluding diaryl/α,β-unsaturated/α-hetero) is 1. The number of carbonyl (C=O) groups is 1. The molecule has 0 fully saturated rings. The fourth-order valence-corrected chi connectivity index (χ4v) is 1.43. The van der Waals surface area contributed by atoms with Gasteiger partial charge in [-0.15, -0.1) is 0 Å². The van der Waals surface area contributed by atoms with Crippen molar-refractivity contribution in [1.82, 2.24) is 0 Å². The zero-order valence-corrected chi connectivity index (χ0v) is 10.9. The summed E-state index contributed by atoms with van der Waals surface area (Å²) in [5, 5.41) is 9.55. The van der Waals surface area contributed by atoms with Crippen molar-refractivity contribution >= 4 is 5.78 Å². The molecule has 96 valence electrons. The lowest BCUT2D eigenvalue weighted by atomic mass is 10.0. The lowest BCUT2D eigenvalue weighted by Crippen LogP contribution is -2.17. The molecule has 0 aromatic heterocycles. The summed E-state index contributed by atoms with van der Waals surface area (Å²) < 4.78 is 5.29. The third-order valence-electron chi connectivity index (χ3n) is 2.34. The van der Waals surface area contributed by atoms with Crippen molar-refractivity contribution in [3.63, 3.8) is 0 Å². The summed E-state index contributed by atoms with van der Waals surface area (Å²) in [5.74, 6) is 0.646. The third-order valence-corrected chi connectivity index (χ3v) is 2.34. The molecule has 0 aromatic carbocycles. The van der Waals surface area contributed by atoms with E-state index in [9.17, 15) is 9.90 Å². The van der Waals surface area contributed by atoms with Gasteiger partial charge in [-0.1, -0.05) is 27.2 Å². The van der Waals surface area contributed by atoms with Gasteiger partial charge in [0.1, 0.15) is 5.78 Å². The largest absolute Gasteiger partial charge is 0.391 e. The molecule has 0 heterocycles. The Hall–Kier alpha value is -0.410. The average molecular weight is 230 g/mol. The van der Waals surface area contributed by atoms with Crippen LogP contribution in [0.5, 0.6) is 0 Å². The van der Waals surface area contributed by atoms with E-state index in [0.29, 0.717) is 38.4 Å². The number of carbonyl (C=O) groups excluding carboxylic acids is 1. The summed E-state index contributed by atoms with van der Waals surface area (Å²) >= 11 is 0. The first-order valence-corrected chi connectivity index (χ1v) is 6.33. The van der Waals surface area contributed by atoms with E-state index in [0.717, 1.165) is 12.8 Å². The van der Waals surface area contributed by atoms with Crippen LogP contribution in [0.1, 0.15) is 52.9 Å². The van der Waals surface area contributed by atoms with Crippen LogP contribution in [0, 0.1) is 5.92 Å². The number of hydrogen-bond acceptors (Lipinski definition) is 3. The molecule has 16 heavy (non-hydrogen) atoms. The maximum absolute atomic E-state index is 11.4. The van der Waals surface area contributed by atoms with Gasteiger partial charge < -0.3 is 9.84 Å².